The van der Waals surface area contributed by atoms with Gasteiger partial charge >= 0.3 is 0 Å². The third-order valence-corrected chi connectivity index (χ3v) is 6.49. The molecule has 2 aliphatic rings. The zero-order valence-corrected chi connectivity index (χ0v) is 17.6. The summed E-state index contributed by atoms with van der Waals surface area (Å²) in [6.07, 6.45) is 6.89. The number of benzene rings is 2. The summed E-state index contributed by atoms with van der Waals surface area (Å²) in [6.45, 7) is 5.38. The van der Waals surface area contributed by atoms with Crippen LogP contribution in [0.5, 0.6) is 5.75 Å². The standard InChI is InChI=1S/C25H29N3O2/c1-18-4-2-13-27(18)14-3-15-30-22-7-9-24-20(17-22)5-10-25(29)28(24)21-6-8-23-19(16-21)11-12-26-23/h6-9,11-12,16-18,26H,2-5,10,13-15H2,1H3/t18-/m1/s1. The van der Waals surface area contributed by atoms with Crippen LogP contribution < -0.4 is 9.64 Å². The second-order valence-electron chi connectivity index (χ2n) is 8.50. The number of aromatic nitrogens is 1. The summed E-state index contributed by atoms with van der Waals surface area (Å²) in [7, 11) is 0. The van der Waals surface area contributed by atoms with E-state index in [4.69, 9.17) is 4.74 Å². The molecule has 1 fully saturated rings. The lowest BCUT2D eigenvalue weighted by Gasteiger charge is -2.30. The Hall–Kier alpha value is -2.79. The topological polar surface area (TPSA) is 48.6 Å². The van der Waals surface area contributed by atoms with E-state index in [1.54, 1.807) is 0 Å². The summed E-state index contributed by atoms with van der Waals surface area (Å²) >= 11 is 0. The molecular formula is C25H29N3O2. The summed E-state index contributed by atoms with van der Waals surface area (Å²) < 4.78 is 6.05. The number of carbonyl (C=O) groups excluding carboxylic acids is 1. The van der Waals surface area contributed by atoms with Crippen molar-refractivity contribution in [1.29, 1.82) is 0 Å². The first-order chi connectivity index (χ1) is 14.7. The van der Waals surface area contributed by atoms with Crippen LogP contribution in [0.4, 0.5) is 11.4 Å². The monoisotopic (exact) mass is 403 g/mol. The van der Waals surface area contributed by atoms with Crippen molar-refractivity contribution in [3.63, 3.8) is 0 Å². The van der Waals surface area contributed by atoms with E-state index in [9.17, 15) is 4.79 Å². The number of hydrogen-bond donors (Lipinski definition) is 1. The number of H-pyrrole nitrogens is 1. The number of aromatic amines is 1. The van der Waals surface area contributed by atoms with Crippen molar-refractivity contribution < 1.29 is 9.53 Å². The average molecular weight is 404 g/mol. The second-order valence-corrected chi connectivity index (χ2v) is 8.50. The Labute approximate surface area is 177 Å². The molecule has 1 N–H and O–H groups in total. The van der Waals surface area contributed by atoms with Gasteiger partial charge in [-0.15, -0.1) is 0 Å². The fourth-order valence-corrected chi connectivity index (χ4v) is 4.80. The van der Waals surface area contributed by atoms with Crippen LogP contribution in [0.25, 0.3) is 10.9 Å². The fraction of sp³-hybridized carbons (Fsp3) is 0.400. The molecule has 1 atom stereocenters. The van der Waals surface area contributed by atoms with Crippen LogP contribution in [0.1, 0.15) is 38.2 Å². The highest BCUT2D eigenvalue weighted by Crippen LogP contribution is 2.37. The largest absolute Gasteiger partial charge is 0.494 e. The van der Waals surface area contributed by atoms with Crippen LogP contribution in [0.3, 0.4) is 0 Å². The molecule has 1 aromatic heterocycles. The molecule has 2 aromatic carbocycles. The molecule has 5 heteroatoms. The molecule has 0 aliphatic carbocycles. The van der Waals surface area contributed by atoms with Gasteiger partial charge in [-0.1, -0.05) is 0 Å². The van der Waals surface area contributed by atoms with E-state index in [1.165, 1.54) is 24.9 Å². The number of anilines is 2. The molecule has 0 bridgehead atoms. The number of rotatable bonds is 6. The van der Waals surface area contributed by atoms with Crippen molar-refractivity contribution in [1.82, 2.24) is 9.88 Å². The highest BCUT2D eigenvalue weighted by Gasteiger charge is 2.26. The van der Waals surface area contributed by atoms with E-state index in [2.05, 4.69) is 28.9 Å². The number of amides is 1. The molecule has 3 heterocycles. The first-order valence-electron chi connectivity index (χ1n) is 11.1. The van der Waals surface area contributed by atoms with Crippen molar-refractivity contribution in [3.05, 3.63) is 54.2 Å². The van der Waals surface area contributed by atoms with Crippen molar-refractivity contribution in [2.24, 2.45) is 0 Å². The number of aryl methyl sites for hydroxylation is 1. The number of ether oxygens (including phenoxy) is 1. The Morgan fingerprint density at radius 3 is 2.93 bits per heavy atom. The maximum Gasteiger partial charge on any atom is 0.231 e. The summed E-state index contributed by atoms with van der Waals surface area (Å²) in [5, 5.41) is 1.11. The van der Waals surface area contributed by atoms with Crippen molar-refractivity contribution >= 4 is 28.2 Å². The Balaban J connectivity index is 1.29. The molecule has 1 saturated heterocycles. The Kier molecular flexibility index (Phi) is 5.21. The van der Waals surface area contributed by atoms with E-state index in [0.717, 1.165) is 54.0 Å². The highest BCUT2D eigenvalue weighted by molar-refractivity contribution is 6.04. The summed E-state index contributed by atoms with van der Waals surface area (Å²) in [5.41, 5.74) is 4.14. The van der Waals surface area contributed by atoms with Gasteiger partial charge < -0.3 is 14.6 Å². The minimum Gasteiger partial charge on any atom is -0.494 e. The van der Waals surface area contributed by atoms with E-state index in [1.807, 2.05) is 41.4 Å². The van der Waals surface area contributed by atoms with Gasteiger partial charge in [-0.05, 0) is 87.2 Å². The molecule has 0 saturated carbocycles. The van der Waals surface area contributed by atoms with Gasteiger partial charge in [0.15, 0.2) is 0 Å². The molecule has 3 aromatic rings. The fourth-order valence-electron chi connectivity index (χ4n) is 4.80. The Bertz CT molecular complexity index is 1060. The number of nitrogens with zero attached hydrogens (tertiary/aromatic N) is 2. The number of nitrogens with one attached hydrogen (secondary N) is 1. The SMILES string of the molecule is C[C@@H]1CCCN1CCCOc1ccc2c(c1)CCC(=O)N2c1ccc2[nH]ccc2c1. The van der Waals surface area contributed by atoms with Gasteiger partial charge in [0, 0.05) is 41.8 Å². The zero-order valence-electron chi connectivity index (χ0n) is 17.6. The van der Waals surface area contributed by atoms with Crippen molar-refractivity contribution in [3.8, 4) is 5.75 Å². The van der Waals surface area contributed by atoms with Crippen LogP contribution >= 0.6 is 0 Å². The van der Waals surface area contributed by atoms with Crippen LogP contribution in [0, 0.1) is 0 Å². The van der Waals surface area contributed by atoms with Crippen LogP contribution in [0.15, 0.2) is 48.7 Å². The smallest absolute Gasteiger partial charge is 0.231 e. The maximum absolute atomic E-state index is 12.8. The third-order valence-electron chi connectivity index (χ3n) is 6.49. The molecule has 2 aliphatic heterocycles. The van der Waals surface area contributed by atoms with Crippen molar-refractivity contribution in [2.75, 3.05) is 24.6 Å². The first-order valence-corrected chi connectivity index (χ1v) is 11.1. The van der Waals surface area contributed by atoms with Gasteiger partial charge in [-0.2, -0.15) is 0 Å². The maximum atomic E-state index is 12.8. The number of hydrogen-bond acceptors (Lipinski definition) is 3. The normalized spacial score (nSPS) is 19.4. The molecule has 5 nitrogen and oxygen atoms in total. The number of fused-ring (bicyclic) bond motifs is 2. The summed E-state index contributed by atoms with van der Waals surface area (Å²) in [5.74, 6) is 1.05. The second kappa shape index (κ2) is 8.15. The van der Waals surface area contributed by atoms with Crippen LogP contribution in [0.2, 0.25) is 0 Å². The molecule has 0 unspecified atom stereocenters. The zero-order chi connectivity index (χ0) is 20.5. The predicted octanol–water partition coefficient (Wildman–Crippen LogP) is 5.03. The Morgan fingerprint density at radius 1 is 1.13 bits per heavy atom. The molecule has 0 spiro atoms. The minimum absolute atomic E-state index is 0.144. The van der Waals surface area contributed by atoms with Crippen LogP contribution in [-0.4, -0.2) is 41.5 Å². The minimum atomic E-state index is 0.144. The highest BCUT2D eigenvalue weighted by atomic mass is 16.5. The van der Waals surface area contributed by atoms with Crippen LogP contribution in [-0.2, 0) is 11.2 Å². The van der Waals surface area contributed by atoms with Gasteiger partial charge in [0.25, 0.3) is 0 Å². The molecule has 0 radical (unpaired) electrons. The molecule has 156 valence electrons. The predicted molar refractivity (Wildman–Crippen MR) is 121 cm³/mol. The first kappa shape index (κ1) is 19.2. The number of likely N-dealkylation sites (tertiary alicyclic amines) is 1. The summed E-state index contributed by atoms with van der Waals surface area (Å²) in [6, 6.07) is 15.0. The molecular weight excluding hydrogens is 374 g/mol. The lowest BCUT2D eigenvalue weighted by molar-refractivity contribution is -0.118. The quantitative estimate of drug-likeness (QED) is 0.587. The Morgan fingerprint density at radius 2 is 2.07 bits per heavy atom. The molecule has 5 rings (SSSR count). The average Bonchev–Trinajstić information content (AvgIpc) is 3.39. The molecule has 30 heavy (non-hydrogen) atoms. The third kappa shape index (κ3) is 3.70. The van der Waals surface area contributed by atoms with Gasteiger partial charge in [0.2, 0.25) is 5.91 Å². The lowest BCUT2D eigenvalue weighted by atomic mass is 10.00. The lowest BCUT2D eigenvalue weighted by Crippen LogP contribution is -2.30. The van der Waals surface area contributed by atoms with Gasteiger partial charge in [-0.25, -0.2) is 0 Å². The van der Waals surface area contributed by atoms with E-state index >= 15 is 0 Å². The van der Waals surface area contributed by atoms with E-state index in [-0.39, 0.29) is 5.91 Å². The van der Waals surface area contributed by atoms with E-state index in [0.29, 0.717) is 12.5 Å². The van der Waals surface area contributed by atoms with Gasteiger partial charge in [0.1, 0.15) is 5.75 Å². The van der Waals surface area contributed by atoms with Gasteiger partial charge in [-0.3, -0.25) is 9.69 Å². The molecule has 1 amide bonds. The van der Waals surface area contributed by atoms with Gasteiger partial charge in [0.05, 0.1) is 12.3 Å². The number of carbonyl (C=O) groups is 1. The summed E-state index contributed by atoms with van der Waals surface area (Å²) in [4.78, 5) is 20.4. The van der Waals surface area contributed by atoms with E-state index < -0.39 is 0 Å². The van der Waals surface area contributed by atoms with Crippen molar-refractivity contribution in [2.45, 2.75) is 45.1 Å².